The number of rotatable bonds is 10. The molecule has 0 aromatic heterocycles. The summed E-state index contributed by atoms with van der Waals surface area (Å²) >= 11 is 7.05. The molecule has 2 amide bonds. The van der Waals surface area contributed by atoms with Crippen molar-refractivity contribution in [3.8, 4) is 5.75 Å². The zero-order valence-electron chi connectivity index (χ0n) is 21.8. The number of benzene rings is 3. The van der Waals surface area contributed by atoms with Crippen LogP contribution >= 0.6 is 31.9 Å². The summed E-state index contributed by atoms with van der Waals surface area (Å²) in [4.78, 5) is 28.5. The highest BCUT2D eigenvalue weighted by atomic mass is 79.9. The Kier molecular flexibility index (Phi) is 10.4. The number of amides is 2. The molecule has 3 aromatic rings. The molecule has 37 heavy (non-hydrogen) atoms. The van der Waals surface area contributed by atoms with E-state index in [0.717, 1.165) is 25.6 Å². The second kappa shape index (κ2) is 13.2. The van der Waals surface area contributed by atoms with E-state index in [9.17, 15) is 9.59 Å². The number of carbonyl (C=O) groups excluding carboxylic acids is 2. The molecule has 7 heteroatoms. The first-order valence-electron chi connectivity index (χ1n) is 12.4. The van der Waals surface area contributed by atoms with E-state index in [0.29, 0.717) is 18.7 Å². The van der Waals surface area contributed by atoms with Crippen molar-refractivity contribution in [3.63, 3.8) is 0 Å². The zero-order valence-corrected chi connectivity index (χ0v) is 24.9. The van der Waals surface area contributed by atoms with Gasteiger partial charge >= 0.3 is 0 Å². The fraction of sp³-hybridized carbons (Fsp3) is 0.333. The van der Waals surface area contributed by atoms with Crippen LogP contribution in [0.25, 0.3) is 0 Å². The minimum atomic E-state index is -0.686. The molecule has 5 nitrogen and oxygen atoms in total. The average Bonchev–Trinajstić information content (AvgIpc) is 2.86. The molecule has 1 unspecified atom stereocenters. The van der Waals surface area contributed by atoms with Crippen LogP contribution in [0.5, 0.6) is 5.75 Å². The SMILES string of the molecule is CCNC(=O)C(Cc1ccccc1)N(Cc1ccc(Br)cc1)C(=O)COc1ccc(C(C)(C)C)cc1Br. The summed E-state index contributed by atoms with van der Waals surface area (Å²) in [6.45, 7) is 8.89. The Morgan fingerprint density at radius 2 is 1.62 bits per heavy atom. The van der Waals surface area contributed by atoms with Gasteiger partial charge in [0.1, 0.15) is 11.8 Å². The second-order valence-electron chi connectivity index (χ2n) is 9.93. The molecule has 3 aromatic carbocycles. The second-order valence-corrected chi connectivity index (χ2v) is 11.7. The molecule has 0 saturated carbocycles. The van der Waals surface area contributed by atoms with Crippen molar-refractivity contribution >= 4 is 43.7 Å². The predicted molar refractivity (Wildman–Crippen MR) is 156 cm³/mol. The first-order valence-corrected chi connectivity index (χ1v) is 14.0. The van der Waals surface area contributed by atoms with Gasteiger partial charge in [-0.05, 0) is 69.2 Å². The van der Waals surface area contributed by atoms with E-state index in [1.165, 1.54) is 0 Å². The van der Waals surface area contributed by atoms with Crippen LogP contribution < -0.4 is 10.1 Å². The minimum absolute atomic E-state index is 0.00432. The molecular formula is C30H34Br2N2O3. The van der Waals surface area contributed by atoms with E-state index in [-0.39, 0.29) is 30.4 Å². The summed E-state index contributed by atoms with van der Waals surface area (Å²) < 4.78 is 7.71. The van der Waals surface area contributed by atoms with Gasteiger partial charge < -0.3 is 15.0 Å². The molecule has 0 heterocycles. The first-order chi connectivity index (χ1) is 17.6. The molecule has 0 bridgehead atoms. The van der Waals surface area contributed by atoms with Crippen LogP contribution in [0.3, 0.4) is 0 Å². The van der Waals surface area contributed by atoms with Gasteiger partial charge in [0.25, 0.3) is 5.91 Å². The van der Waals surface area contributed by atoms with Crippen LogP contribution in [-0.4, -0.2) is 35.9 Å². The molecule has 1 atom stereocenters. The van der Waals surface area contributed by atoms with Gasteiger partial charge in [-0.25, -0.2) is 0 Å². The van der Waals surface area contributed by atoms with Crippen molar-refractivity contribution in [1.82, 2.24) is 10.2 Å². The number of halogens is 2. The van der Waals surface area contributed by atoms with E-state index < -0.39 is 6.04 Å². The molecule has 3 rings (SSSR count). The van der Waals surface area contributed by atoms with Crippen molar-refractivity contribution in [1.29, 1.82) is 0 Å². The molecule has 0 radical (unpaired) electrons. The first kappa shape index (κ1) is 28.9. The van der Waals surface area contributed by atoms with Crippen LogP contribution in [0.2, 0.25) is 0 Å². The third-order valence-corrected chi connectivity index (χ3v) is 7.19. The largest absolute Gasteiger partial charge is 0.483 e. The van der Waals surface area contributed by atoms with E-state index in [1.54, 1.807) is 4.90 Å². The van der Waals surface area contributed by atoms with Crippen molar-refractivity contribution in [2.75, 3.05) is 13.2 Å². The van der Waals surface area contributed by atoms with Gasteiger partial charge in [0, 0.05) is 24.0 Å². The van der Waals surface area contributed by atoms with Crippen LogP contribution in [-0.2, 0) is 28.0 Å². The zero-order chi connectivity index (χ0) is 27.0. The van der Waals surface area contributed by atoms with E-state index in [4.69, 9.17) is 4.74 Å². The number of carbonyl (C=O) groups is 2. The average molecular weight is 630 g/mol. The number of likely N-dealkylation sites (N-methyl/N-ethyl adjacent to an activating group) is 1. The molecule has 0 aliphatic heterocycles. The highest BCUT2D eigenvalue weighted by Gasteiger charge is 2.30. The van der Waals surface area contributed by atoms with Crippen LogP contribution in [0, 0.1) is 0 Å². The lowest BCUT2D eigenvalue weighted by molar-refractivity contribution is -0.142. The lowest BCUT2D eigenvalue weighted by Gasteiger charge is -2.31. The Morgan fingerprint density at radius 3 is 2.22 bits per heavy atom. The van der Waals surface area contributed by atoms with Crippen LogP contribution in [0.4, 0.5) is 0 Å². The Hall–Kier alpha value is -2.64. The van der Waals surface area contributed by atoms with Crippen LogP contribution in [0.15, 0.2) is 81.7 Å². The Bertz CT molecular complexity index is 1190. The van der Waals surface area contributed by atoms with E-state index in [1.807, 2.05) is 79.7 Å². The minimum Gasteiger partial charge on any atom is -0.483 e. The van der Waals surface area contributed by atoms with Crippen LogP contribution in [0.1, 0.15) is 44.4 Å². The third-order valence-electron chi connectivity index (χ3n) is 6.04. The standard InChI is InChI=1S/C30H34Br2N2O3/c1-5-33-29(36)26(17-21-9-7-6-8-10-21)34(19-22-11-14-24(31)15-12-22)28(35)20-37-27-16-13-23(18-25(27)32)30(2,3)4/h6-16,18,26H,5,17,19-20H2,1-4H3,(H,33,36). The molecule has 0 aliphatic rings. The number of hydrogen-bond acceptors (Lipinski definition) is 3. The molecule has 196 valence electrons. The third kappa shape index (κ3) is 8.44. The maximum Gasteiger partial charge on any atom is 0.261 e. The molecule has 0 fully saturated rings. The highest BCUT2D eigenvalue weighted by Crippen LogP contribution is 2.31. The molecular weight excluding hydrogens is 596 g/mol. The van der Waals surface area contributed by atoms with Crippen molar-refractivity contribution in [3.05, 3.63) is 98.4 Å². The predicted octanol–water partition coefficient (Wildman–Crippen LogP) is 6.66. The van der Waals surface area contributed by atoms with Gasteiger partial charge in [-0.15, -0.1) is 0 Å². The monoisotopic (exact) mass is 628 g/mol. The van der Waals surface area contributed by atoms with Crippen molar-refractivity contribution in [2.24, 2.45) is 0 Å². The number of nitrogens with zero attached hydrogens (tertiary/aromatic N) is 1. The van der Waals surface area contributed by atoms with Gasteiger partial charge in [-0.3, -0.25) is 9.59 Å². The normalized spacial score (nSPS) is 12.1. The highest BCUT2D eigenvalue weighted by molar-refractivity contribution is 9.10. The van der Waals surface area contributed by atoms with Gasteiger partial charge in [0.05, 0.1) is 4.47 Å². The maximum absolute atomic E-state index is 13.7. The number of nitrogens with one attached hydrogen (secondary N) is 1. The maximum atomic E-state index is 13.7. The molecule has 0 spiro atoms. The molecule has 0 saturated heterocycles. The topological polar surface area (TPSA) is 58.6 Å². The number of ether oxygens (including phenoxy) is 1. The summed E-state index contributed by atoms with van der Waals surface area (Å²) in [5.41, 5.74) is 3.06. The van der Waals surface area contributed by atoms with Gasteiger partial charge in [-0.2, -0.15) is 0 Å². The van der Waals surface area contributed by atoms with Gasteiger partial charge in [-0.1, -0.05) is 85.2 Å². The van der Waals surface area contributed by atoms with E-state index in [2.05, 4.69) is 57.9 Å². The lowest BCUT2D eigenvalue weighted by Crippen LogP contribution is -2.51. The number of hydrogen-bond donors (Lipinski definition) is 1. The molecule has 1 N–H and O–H groups in total. The quantitative estimate of drug-likeness (QED) is 0.273. The fourth-order valence-corrected chi connectivity index (χ4v) is 4.70. The van der Waals surface area contributed by atoms with E-state index >= 15 is 0 Å². The molecule has 0 aliphatic carbocycles. The lowest BCUT2D eigenvalue weighted by atomic mass is 9.87. The van der Waals surface area contributed by atoms with Gasteiger partial charge in [0.15, 0.2) is 6.61 Å². The van der Waals surface area contributed by atoms with Crippen molar-refractivity contribution < 1.29 is 14.3 Å². The Labute approximate surface area is 236 Å². The van der Waals surface area contributed by atoms with Gasteiger partial charge in [0.2, 0.25) is 5.91 Å². The summed E-state index contributed by atoms with van der Waals surface area (Å²) in [7, 11) is 0. The Morgan fingerprint density at radius 1 is 0.946 bits per heavy atom. The summed E-state index contributed by atoms with van der Waals surface area (Å²) in [5, 5.41) is 2.91. The summed E-state index contributed by atoms with van der Waals surface area (Å²) in [5.74, 6) is 0.136. The summed E-state index contributed by atoms with van der Waals surface area (Å²) in [6, 6.07) is 22.7. The smallest absolute Gasteiger partial charge is 0.261 e. The Balaban J connectivity index is 1.88. The van der Waals surface area contributed by atoms with Crippen molar-refractivity contribution in [2.45, 2.75) is 52.1 Å². The summed E-state index contributed by atoms with van der Waals surface area (Å²) in [6.07, 6.45) is 0.402. The fourth-order valence-electron chi connectivity index (χ4n) is 3.94.